The van der Waals surface area contributed by atoms with E-state index >= 15 is 0 Å². The molecule has 84 valence electrons. The fourth-order valence-electron chi connectivity index (χ4n) is 1.77. The van der Waals surface area contributed by atoms with E-state index in [1.54, 1.807) is 0 Å². The van der Waals surface area contributed by atoms with Gasteiger partial charge in [0.2, 0.25) is 0 Å². The molecule has 0 aliphatic rings. The summed E-state index contributed by atoms with van der Waals surface area (Å²) in [5.41, 5.74) is 10.0. The molecule has 0 bridgehead atoms. The van der Waals surface area contributed by atoms with E-state index in [-0.39, 0.29) is 0 Å². The Bertz CT molecular complexity index is 314. The van der Waals surface area contributed by atoms with Gasteiger partial charge in [0, 0.05) is 11.3 Å². The van der Waals surface area contributed by atoms with Crippen LogP contribution in [0, 0.1) is 5.92 Å². The molecule has 0 aromatic rings. The van der Waals surface area contributed by atoms with Gasteiger partial charge in [-0.25, -0.2) is 0 Å². The van der Waals surface area contributed by atoms with E-state index in [2.05, 4.69) is 39.5 Å². The third-order valence-corrected chi connectivity index (χ3v) is 2.35. The first-order valence-corrected chi connectivity index (χ1v) is 5.40. The Balaban J connectivity index is 5.51. The van der Waals surface area contributed by atoms with Crippen LogP contribution in [0.3, 0.4) is 0 Å². The summed E-state index contributed by atoms with van der Waals surface area (Å²) < 4.78 is 0. The van der Waals surface area contributed by atoms with E-state index < -0.39 is 0 Å². The summed E-state index contributed by atoms with van der Waals surface area (Å²) in [5.74, 6) is 0.463. The maximum atomic E-state index is 5.86. The predicted octanol–water partition coefficient (Wildman–Crippen LogP) is 3.95. The van der Waals surface area contributed by atoms with Crippen molar-refractivity contribution in [3.05, 3.63) is 47.2 Å². The van der Waals surface area contributed by atoms with Crippen LogP contribution in [0.15, 0.2) is 47.2 Å². The molecule has 15 heavy (non-hydrogen) atoms. The molecule has 0 aliphatic heterocycles. The van der Waals surface area contributed by atoms with Crippen molar-refractivity contribution in [1.82, 2.24) is 0 Å². The quantitative estimate of drug-likeness (QED) is 0.691. The smallest absolute Gasteiger partial charge is 0.0320 e. The number of allylic oxidation sites excluding steroid dienone is 5. The molecule has 0 heterocycles. The van der Waals surface area contributed by atoms with Gasteiger partial charge in [0.1, 0.15) is 0 Å². The van der Waals surface area contributed by atoms with E-state index in [1.165, 1.54) is 11.1 Å². The molecule has 0 aromatic heterocycles. The average molecular weight is 205 g/mol. The molecule has 2 N–H and O–H groups in total. The van der Waals surface area contributed by atoms with Crippen molar-refractivity contribution in [2.75, 3.05) is 0 Å². The topological polar surface area (TPSA) is 26.0 Å². The molecule has 0 unspecified atom stereocenters. The molecule has 0 rings (SSSR count). The van der Waals surface area contributed by atoms with Crippen molar-refractivity contribution >= 4 is 0 Å². The van der Waals surface area contributed by atoms with Crippen molar-refractivity contribution in [1.29, 1.82) is 0 Å². The fraction of sp³-hybridized carbons (Fsp3) is 0.429. The highest BCUT2D eigenvalue weighted by atomic mass is 14.6. The third kappa shape index (κ3) is 3.78. The molecule has 0 fully saturated rings. The van der Waals surface area contributed by atoms with Crippen LogP contribution in [-0.4, -0.2) is 0 Å². The summed E-state index contributed by atoms with van der Waals surface area (Å²) in [7, 11) is 0. The highest BCUT2D eigenvalue weighted by Crippen LogP contribution is 2.26. The molecular weight excluding hydrogens is 182 g/mol. The maximum Gasteiger partial charge on any atom is 0.0320 e. The molecule has 0 amide bonds. The zero-order valence-corrected chi connectivity index (χ0v) is 10.6. The molecule has 1 nitrogen and oxygen atoms in total. The van der Waals surface area contributed by atoms with Gasteiger partial charge in [-0.15, -0.1) is 0 Å². The Morgan fingerprint density at radius 1 is 1.27 bits per heavy atom. The zero-order chi connectivity index (χ0) is 12.0. The standard InChI is InChI=1S/C14H23N/c1-7-9-11(5)14(12(6)15)13(8-2)10(3)4/h7-10H,6,15H2,1-5H3/b9-7-,13-8-,14-11+. The molecule has 0 atom stereocenters. The second-order valence-electron chi connectivity index (χ2n) is 3.98. The second kappa shape index (κ2) is 6.28. The van der Waals surface area contributed by atoms with Gasteiger partial charge in [-0.2, -0.15) is 0 Å². The zero-order valence-electron chi connectivity index (χ0n) is 10.6. The molecule has 1 heteroatoms. The monoisotopic (exact) mass is 205 g/mol. The second-order valence-corrected chi connectivity index (χ2v) is 3.98. The molecule has 0 radical (unpaired) electrons. The van der Waals surface area contributed by atoms with Crippen LogP contribution in [0.4, 0.5) is 0 Å². The van der Waals surface area contributed by atoms with Gasteiger partial charge in [0.15, 0.2) is 0 Å². The van der Waals surface area contributed by atoms with Gasteiger partial charge >= 0.3 is 0 Å². The Morgan fingerprint density at radius 3 is 2.07 bits per heavy atom. The largest absolute Gasteiger partial charge is 0.399 e. The minimum absolute atomic E-state index is 0.463. The lowest BCUT2D eigenvalue weighted by atomic mass is 9.90. The summed E-state index contributed by atoms with van der Waals surface area (Å²) in [5, 5.41) is 0. The SMILES string of the molecule is C=C(N)C(/C(=C\C)C(C)C)=C(C)\C=C/C. The molecule has 0 saturated heterocycles. The van der Waals surface area contributed by atoms with Gasteiger partial charge < -0.3 is 5.73 Å². The summed E-state index contributed by atoms with van der Waals surface area (Å²) in [6.45, 7) is 14.3. The molecular formula is C14H23N. The van der Waals surface area contributed by atoms with Gasteiger partial charge in [0.25, 0.3) is 0 Å². The Kier molecular flexibility index (Phi) is 5.76. The van der Waals surface area contributed by atoms with Crippen LogP contribution in [0.1, 0.15) is 34.6 Å². The number of hydrogen-bond acceptors (Lipinski definition) is 1. The van der Waals surface area contributed by atoms with E-state index in [1.807, 2.05) is 19.9 Å². The summed E-state index contributed by atoms with van der Waals surface area (Å²) in [4.78, 5) is 0. The van der Waals surface area contributed by atoms with Crippen LogP contribution >= 0.6 is 0 Å². The highest BCUT2D eigenvalue weighted by molar-refractivity contribution is 5.50. The van der Waals surface area contributed by atoms with Gasteiger partial charge in [0.05, 0.1) is 0 Å². The highest BCUT2D eigenvalue weighted by Gasteiger charge is 2.11. The molecule has 0 saturated carbocycles. The van der Waals surface area contributed by atoms with Gasteiger partial charge in [-0.3, -0.25) is 0 Å². The normalized spacial score (nSPS) is 14.7. The fourth-order valence-corrected chi connectivity index (χ4v) is 1.77. The lowest BCUT2D eigenvalue weighted by molar-refractivity contribution is 0.775. The van der Waals surface area contributed by atoms with Crippen LogP contribution < -0.4 is 5.73 Å². The summed E-state index contributed by atoms with van der Waals surface area (Å²) >= 11 is 0. The van der Waals surface area contributed by atoms with E-state index in [0.29, 0.717) is 11.6 Å². The number of nitrogens with two attached hydrogens (primary N) is 1. The predicted molar refractivity (Wildman–Crippen MR) is 69.4 cm³/mol. The molecule has 0 aromatic carbocycles. The Labute approximate surface area is 94.1 Å². The first-order valence-electron chi connectivity index (χ1n) is 5.40. The maximum absolute atomic E-state index is 5.86. The lowest BCUT2D eigenvalue weighted by Crippen LogP contribution is -2.08. The van der Waals surface area contributed by atoms with Crippen LogP contribution in [0.2, 0.25) is 0 Å². The first-order chi connectivity index (χ1) is 6.95. The summed E-state index contributed by atoms with van der Waals surface area (Å²) in [6, 6.07) is 0. The van der Waals surface area contributed by atoms with Gasteiger partial charge in [-0.1, -0.05) is 38.7 Å². The van der Waals surface area contributed by atoms with Crippen LogP contribution in [0.25, 0.3) is 0 Å². The summed E-state index contributed by atoms with van der Waals surface area (Å²) in [6.07, 6.45) is 6.20. The lowest BCUT2D eigenvalue weighted by Gasteiger charge is -2.17. The van der Waals surface area contributed by atoms with Crippen molar-refractivity contribution in [3.63, 3.8) is 0 Å². The Hall–Kier alpha value is -1.24. The van der Waals surface area contributed by atoms with E-state index in [0.717, 1.165) is 5.57 Å². The van der Waals surface area contributed by atoms with Gasteiger partial charge in [-0.05, 0) is 37.8 Å². The molecule has 0 aliphatic carbocycles. The number of rotatable bonds is 4. The van der Waals surface area contributed by atoms with Crippen molar-refractivity contribution in [2.45, 2.75) is 34.6 Å². The average Bonchev–Trinajstić information content (AvgIpc) is 2.12. The van der Waals surface area contributed by atoms with E-state index in [9.17, 15) is 0 Å². The van der Waals surface area contributed by atoms with Crippen molar-refractivity contribution in [3.8, 4) is 0 Å². The minimum atomic E-state index is 0.463. The molecule has 0 spiro atoms. The number of hydrogen-bond donors (Lipinski definition) is 1. The minimum Gasteiger partial charge on any atom is -0.399 e. The third-order valence-electron chi connectivity index (χ3n) is 2.35. The van der Waals surface area contributed by atoms with Crippen LogP contribution in [-0.2, 0) is 0 Å². The van der Waals surface area contributed by atoms with Crippen LogP contribution in [0.5, 0.6) is 0 Å². The van der Waals surface area contributed by atoms with E-state index in [4.69, 9.17) is 5.73 Å². The van der Waals surface area contributed by atoms with Crippen molar-refractivity contribution < 1.29 is 0 Å². The first kappa shape index (κ1) is 13.8. The van der Waals surface area contributed by atoms with Crippen molar-refractivity contribution in [2.24, 2.45) is 11.7 Å². The Morgan fingerprint density at radius 2 is 1.80 bits per heavy atom.